The van der Waals surface area contributed by atoms with Crippen molar-refractivity contribution in [3.63, 3.8) is 0 Å². The summed E-state index contributed by atoms with van der Waals surface area (Å²) < 4.78 is 5.16. The Labute approximate surface area is 84.0 Å². The molecule has 0 atom stereocenters. The van der Waals surface area contributed by atoms with Crippen LogP contribution in [0.5, 0.6) is 0 Å². The molecular formula is C8H9BrN2O2. The number of ether oxygens (including phenoxy) is 1. The van der Waals surface area contributed by atoms with Gasteiger partial charge in [-0.25, -0.2) is 4.79 Å². The van der Waals surface area contributed by atoms with Gasteiger partial charge in [-0.05, 0) is 28.1 Å². The second-order valence-electron chi connectivity index (χ2n) is 2.42. The van der Waals surface area contributed by atoms with Gasteiger partial charge >= 0.3 is 5.97 Å². The molecule has 0 amide bonds. The highest BCUT2D eigenvalue weighted by Gasteiger charge is 2.15. The molecule has 0 saturated carbocycles. The van der Waals surface area contributed by atoms with Gasteiger partial charge in [0.05, 0.1) is 12.8 Å². The lowest BCUT2D eigenvalue weighted by Crippen LogP contribution is -2.09. The number of nitrogens with two attached hydrogens (primary N) is 2. The molecule has 4 nitrogen and oxygen atoms in total. The van der Waals surface area contributed by atoms with Gasteiger partial charge < -0.3 is 16.2 Å². The van der Waals surface area contributed by atoms with Crippen molar-refractivity contribution in [2.45, 2.75) is 0 Å². The molecular weight excluding hydrogens is 236 g/mol. The number of methoxy groups -OCH3 is 1. The van der Waals surface area contributed by atoms with Gasteiger partial charge in [0, 0.05) is 10.2 Å². The van der Waals surface area contributed by atoms with E-state index in [9.17, 15) is 4.79 Å². The summed E-state index contributed by atoms with van der Waals surface area (Å²) >= 11 is 3.19. The van der Waals surface area contributed by atoms with E-state index in [2.05, 4.69) is 20.7 Å². The molecule has 0 fully saturated rings. The maximum absolute atomic E-state index is 11.2. The fourth-order valence-corrected chi connectivity index (χ4v) is 1.27. The maximum Gasteiger partial charge on any atom is 0.342 e. The first-order valence-electron chi connectivity index (χ1n) is 3.49. The third-order valence-corrected chi connectivity index (χ3v) is 2.31. The molecule has 4 N–H and O–H groups in total. The van der Waals surface area contributed by atoms with Gasteiger partial charge in [-0.15, -0.1) is 0 Å². The molecule has 13 heavy (non-hydrogen) atoms. The van der Waals surface area contributed by atoms with Gasteiger partial charge in [-0.1, -0.05) is 0 Å². The normalized spacial score (nSPS) is 9.69. The van der Waals surface area contributed by atoms with Gasteiger partial charge in [-0.3, -0.25) is 0 Å². The summed E-state index contributed by atoms with van der Waals surface area (Å²) in [5.74, 6) is -0.531. The number of anilines is 2. The molecule has 0 saturated heterocycles. The summed E-state index contributed by atoms with van der Waals surface area (Å²) in [6, 6.07) is 3.27. The molecule has 0 radical (unpaired) electrons. The van der Waals surface area contributed by atoms with E-state index in [4.69, 9.17) is 11.5 Å². The quantitative estimate of drug-likeness (QED) is 0.579. The van der Waals surface area contributed by atoms with Crippen molar-refractivity contribution < 1.29 is 9.53 Å². The Morgan fingerprint density at radius 2 is 2.08 bits per heavy atom. The Kier molecular flexibility index (Phi) is 2.77. The summed E-state index contributed by atoms with van der Waals surface area (Å²) in [6.45, 7) is 0. The maximum atomic E-state index is 11.2. The Morgan fingerprint density at radius 1 is 1.46 bits per heavy atom. The van der Waals surface area contributed by atoms with E-state index >= 15 is 0 Å². The van der Waals surface area contributed by atoms with Crippen molar-refractivity contribution in [3.8, 4) is 0 Å². The highest BCUT2D eigenvalue weighted by molar-refractivity contribution is 9.10. The fourth-order valence-electron chi connectivity index (χ4n) is 0.941. The van der Waals surface area contributed by atoms with Crippen LogP contribution in [0.25, 0.3) is 0 Å². The van der Waals surface area contributed by atoms with Crippen LogP contribution in [-0.4, -0.2) is 13.1 Å². The molecule has 0 aliphatic rings. The van der Waals surface area contributed by atoms with E-state index in [-0.39, 0.29) is 5.56 Å². The molecule has 0 bridgehead atoms. The Bertz CT molecular complexity index is 352. The van der Waals surface area contributed by atoms with Crippen LogP contribution in [0.4, 0.5) is 11.4 Å². The van der Waals surface area contributed by atoms with E-state index in [1.54, 1.807) is 12.1 Å². The number of hydrogen-bond acceptors (Lipinski definition) is 4. The standard InChI is InChI=1S/C8H9BrN2O2/c1-13-8(12)6-5(10)3-2-4(9)7(6)11/h2-3H,10-11H2,1H3. The van der Waals surface area contributed by atoms with Crippen molar-refractivity contribution in [1.29, 1.82) is 0 Å². The van der Waals surface area contributed by atoms with Crippen LogP contribution >= 0.6 is 15.9 Å². The largest absolute Gasteiger partial charge is 0.465 e. The van der Waals surface area contributed by atoms with E-state index in [0.29, 0.717) is 15.8 Å². The monoisotopic (exact) mass is 244 g/mol. The van der Waals surface area contributed by atoms with Gasteiger partial charge in [0.1, 0.15) is 5.56 Å². The SMILES string of the molecule is COC(=O)c1c(N)ccc(Br)c1N. The van der Waals surface area contributed by atoms with Gasteiger partial charge in [0.25, 0.3) is 0 Å². The lowest BCUT2D eigenvalue weighted by Gasteiger charge is -2.07. The average Bonchev–Trinajstić information content (AvgIpc) is 2.12. The second kappa shape index (κ2) is 3.66. The third kappa shape index (κ3) is 1.75. The third-order valence-electron chi connectivity index (χ3n) is 1.61. The van der Waals surface area contributed by atoms with Crippen molar-refractivity contribution in [1.82, 2.24) is 0 Å². The minimum absolute atomic E-state index is 0.205. The molecule has 0 aliphatic carbocycles. The molecule has 0 spiro atoms. The summed E-state index contributed by atoms with van der Waals surface area (Å²) in [4.78, 5) is 11.2. The van der Waals surface area contributed by atoms with Crippen LogP contribution in [0.1, 0.15) is 10.4 Å². The highest BCUT2D eigenvalue weighted by Crippen LogP contribution is 2.28. The van der Waals surface area contributed by atoms with Gasteiger partial charge in [-0.2, -0.15) is 0 Å². The lowest BCUT2D eigenvalue weighted by atomic mass is 10.1. The summed E-state index contributed by atoms with van der Waals surface area (Å²) in [6.07, 6.45) is 0. The van der Waals surface area contributed by atoms with Crippen molar-refractivity contribution in [3.05, 3.63) is 22.2 Å². The molecule has 70 valence electrons. The smallest absolute Gasteiger partial charge is 0.342 e. The van der Waals surface area contributed by atoms with E-state index in [1.807, 2.05) is 0 Å². The average molecular weight is 245 g/mol. The van der Waals surface area contributed by atoms with Gasteiger partial charge in [0.2, 0.25) is 0 Å². The molecule has 1 rings (SSSR count). The van der Waals surface area contributed by atoms with Crippen molar-refractivity contribution >= 4 is 33.3 Å². The molecule has 0 aliphatic heterocycles. The number of halogens is 1. The molecule has 0 unspecified atom stereocenters. The topological polar surface area (TPSA) is 78.3 Å². The number of benzene rings is 1. The number of hydrogen-bond donors (Lipinski definition) is 2. The van der Waals surface area contributed by atoms with Crippen molar-refractivity contribution in [2.24, 2.45) is 0 Å². The van der Waals surface area contributed by atoms with Crippen LogP contribution in [0.2, 0.25) is 0 Å². The number of carbonyl (C=O) groups excluding carboxylic acids is 1. The zero-order valence-corrected chi connectivity index (χ0v) is 8.59. The lowest BCUT2D eigenvalue weighted by molar-refractivity contribution is 0.0603. The number of nitrogen functional groups attached to an aromatic ring is 2. The minimum Gasteiger partial charge on any atom is -0.465 e. The predicted octanol–water partition coefficient (Wildman–Crippen LogP) is 1.40. The molecule has 1 aromatic rings. The minimum atomic E-state index is -0.531. The zero-order chi connectivity index (χ0) is 10.0. The summed E-state index contributed by atoms with van der Waals surface area (Å²) in [5, 5.41) is 0. The summed E-state index contributed by atoms with van der Waals surface area (Å²) in [7, 11) is 1.28. The molecule has 0 aromatic heterocycles. The zero-order valence-electron chi connectivity index (χ0n) is 7.00. The van der Waals surface area contributed by atoms with Crippen LogP contribution in [0.15, 0.2) is 16.6 Å². The Hall–Kier alpha value is -1.23. The number of rotatable bonds is 1. The Morgan fingerprint density at radius 3 is 2.62 bits per heavy atom. The summed E-state index contributed by atoms with van der Waals surface area (Å²) in [5.41, 5.74) is 12.0. The molecule has 5 heteroatoms. The second-order valence-corrected chi connectivity index (χ2v) is 3.27. The van der Waals surface area contributed by atoms with Crippen LogP contribution in [0.3, 0.4) is 0 Å². The van der Waals surface area contributed by atoms with E-state index in [0.717, 1.165) is 0 Å². The van der Waals surface area contributed by atoms with E-state index < -0.39 is 5.97 Å². The van der Waals surface area contributed by atoms with Gasteiger partial charge in [0.15, 0.2) is 0 Å². The molecule has 0 heterocycles. The van der Waals surface area contributed by atoms with Crippen LogP contribution < -0.4 is 11.5 Å². The predicted molar refractivity (Wildman–Crippen MR) is 54.3 cm³/mol. The highest BCUT2D eigenvalue weighted by atomic mass is 79.9. The van der Waals surface area contributed by atoms with Crippen LogP contribution in [0, 0.1) is 0 Å². The molecule has 1 aromatic carbocycles. The Balaban J connectivity index is 3.33. The van der Waals surface area contributed by atoms with Crippen LogP contribution in [-0.2, 0) is 4.74 Å². The first kappa shape index (κ1) is 9.85. The van der Waals surface area contributed by atoms with E-state index in [1.165, 1.54) is 7.11 Å². The number of esters is 1. The first-order chi connectivity index (χ1) is 6.07. The first-order valence-corrected chi connectivity index (χ1v) is 4.29. The van der Waals surface area contributed by atoms with Crippen molar-refractivity contribution in [2.75, 3.05) is 18.6 Å². The number of carbonyl (C=O) groups is 1. The fraction of sp³-hybridized carbons (Fsp3) is 0.125.